The lowest BCUT2D eigenvalue weighted by molar-refractivity contribution is -0.130. The van der Waals surface area contributed by atoms with Gasteiger partial charge in [0.05, 0.1) is 6.54 Å². The number of carbonyl (C=O) groups excluding carboxylic acids is 3. The van der Waals surface area contributed by atoms with Crippen molar-refractivity contribution in [2.75, 3.05) is 6.54 Å². The largest absolute Gasteiger partial charge is 0.325 e. The van der Waals surface area contributed by atoms with Gasteiger partial charge in [-0.1, -0.05) is 28.1 Å². The topological polar surface area (TPSA) is 66.5 Å². The van der Waals surface area contributed by atoms with Crippen molar-refractivity contribution in [3.05, 3.63) is 69.9 Å². The Morgan fingerprint density at radius 3 is 2.52 bits per heavy atom. The molecule has 1 atom stereocenters. The number of hydrogen-bond donors (Lipinski definition) is 1. The first kappa shape index (κ1) is 17.3. The molecule has 2 aromatic rings. The van der Waals surface area contributed by atoms with E-state index in [0.29, 0.717) is 5.56 Å². The minimum atomic E-state index is -1.25. The summed E-state index contributed by atoms with van der Waals surface area (Å²) >= 11 is 3.34. The Morgan fingerprint density at radius 1 is 1.20 bits per heavy atom. The van der Waals surface area contributed by atoms with E-state index in [2.05, 4.69) is 21.2 Å². The highest BCUT2D eigenvalue weighted by molar-refractivity contribution is 9.10. The van der Waals surface area contributed by atoms with Gasteiger partial charge in [0.15, 0.2) is 5.78 Å². The number of carbonyl (C=O) groups is 3. The predicted octanol–water partition coefficient (Wildman–Crippen LogP) is 3.24. The second-order valence-corrected chi connectivity index (χ2v) is 6.80. The van der Waals surface area contributed by atoms with Crippen LogP contribution in [0.3, 0.4) is 0 Å². The number of nitrogens with zero attached hydrogens (tertiary/aromatic N) is 1. The molecule has 1 aliphatic rings. The highest BCUT2D eigenvalue weighted by atomic mass is 79.9. The van der Waals surface area contributed by atoms with E-state index in [1.54, 1.807) is 25.1 Å². The fraction of sp³-hybridized carbons (Fsp3) is 0.167. The number of urea groups is 1. The van der Waals surface area contributed by atoms with Crippen LogP contribution in [0.25, 0.3) is 0 Å². The molecule has 1 heterocycles. The molecule has 128 valence electrons. The van der Waals surface area contributed by atoms with Gasteiger partial charge in [-0.2, -0.15) is 0 Å². The average molecular weight is 405 g/mol. The third-order valence-corrected chi connectivity index (χ3v) is 4.64. The number of imide groups is 1. The molecule has 1 fully saturated rings. The van der Waals surface area contributed by atoms with E-state index in [4.69, 9.17) is 0 Å². The molecule has 0 spiro atoms. The summed E-state index contributed by atoms with van der Waals surface area (Å²) in [4.78, 5) is 38.2. The summed E-state index contributed by atoms with van der Waals surface area (Å²) in [7, 11) is 0. The molecular weight excluding hydrogens is 391 g/mol. The smallest absolute Gasteiger partial charge is 0.319 e. The van der Waals surface area contributed by atoms with Crippen molar-refractivity contribution in [2.45, 2.75) is 12.5 Å². The Hall–Kier alpha value is -2.54. The van der Waals surface area contributed by atoms with Gasteiger partial charge in [0.25, 0.3) is 5.91 Å². The summed E-state index contributed by atoms with van der Waals surface area (Å²) in [6.45, 7) is 1.19. The second kappa shape index (κ2) is 6.40. The molecule has 5 nitrogen and oxygen atoms in total. The molecule has 0 aliphatic carbocycles. The third kappa shape index (κ3) is 3.19. The molecule has 25 heavy (non-hydrogen) atoms. The van der Waals surface area contributed by atoms with Crippen LogP contribution in [0.4, 0.5) is 9.18 Å². The van der Waals surface area contributed by atoms with Gasteiger partial charge in [0.1, 0.15) is 11.4 Å². The van der Waals surface area contributed by atoms with Crippen LogP contribution >= 0.6 is 15.9 Å². The number of Topliss-reactive ketones (excluding diaryl/α,β-unsaturated/α-hetero) is 1. The zero-order chi connectivity index (χ0) is 18.2. The van der Waals surface area contributed by atoms with Crippen LogP contribution in [0, 0.1) is 5.82 Å². The van der Waals surface area contributed by atoms with Crippen LogP contribution in [0.1, 0.15) is 22.8 Å². The van der Waals surface area contributed by atoms with Crippen molar-refractivity contribution in [2.24, 2.45) is 0 Å². The lowest BCUT2D eigenvalue weighted by atomic mass is 9.92. The molecule has 3 rings (SSSR count). The standard InChI is InChI=1S/C18H14BrFN2O3/c1-18(12-3-2-4-13(19)9-12)16(24)22(17(25)21-18)10-15(23)11-5-7-14(20)8-6-11/h2-9H,10H2,1H3,(H,21,25)/t18-/m1/s1. The minimum absolute atomic E-state index is 0.234. The first-order chi connectivity index (χ1) is 11.8. The maximum Gasteiger partial charge on any atom is 0.325 e. The molecule has 0 unspecified atom stereocenters. The zero-order valence-corrected chi connectivity index (χ0v) is 14.8. The average Bonchev–Trinajstić information content (AvgIpc) is 2.80. The summed E-state index contributed by atoms with van der Waals surface area (Å²) in [6, 6.07) is 11.4. The maximum atomic E-state index is 13.0. The molecule has 0 radical (unpaired) electrons. The van der Waals surface area contributed by atoms with Crippen molar-refractivity contribution >= 4 is 33.7 Å². The highest BCUT2D eigenvalue weighted by Gasteiger charge is 2.49. The monoisotopic (exact) mass is 404 g/mol. The molecule has 7 heteroatoms. The van der Waals surface area contributed by atoms with E-state index in [9.17, 15) is 18.8 Å². The SMILES string of the molecule is C[C@]1(c2cccc(Br)c2)NC(=O)N(CC(=O)c2ccc(F)cc2)C1=O. The molecule has 0 aromatic heterocycles. The Kier molecular flexibility index (Phi) is 4.43. The summed E-state index contributed by atoms with van der Waals surface area (Å²) in [6.07, 6.45) is 0. The number of rotatable bonds is 4. The molecule has 1 aliphatic heterocycles. The van der Waals surface area contributed by atoms with Crippen molar-refractivity contribution in [1.29, 1.82) is 0 Å². The molecule has 2 aromatic carbocycles. The van der Waals surface area contributed by atoms with Gasteiger partial charge >= 0.3 is 6.03 Å². The molecule has 0 saturated carbocycles. The number of halogens is 2. The summed E-state index contributed by atoms with van der Waals surface area (Å²) in [5, 5.41) is 2.64. The Morgan fingerprint density at radius 2 is 1.88 bits per heavy atom. The number of nitrogens with one attached hydrogen (secondary N) is 1. The Labute approximate surface area is 151 Å². The van der Waals surface area contributed by atoms with E-state index in [1.165, 1.54) is 12.1 Å². The maximum absolute atomic E-state index is 13.0. The van der Waals surface area contributed by atoms with Crippen molar-refractivity contribution in [3.63, 3.8) is 0 Å². The minimum Gasteiger partial charge on any atom is -0.319 e. The zero-order valence-electron chi connectivity index (χ0n) is 13.3. The van der Waals surface area contributed by atoms with Crippen LogP contribution in [0.5, 0.6) is 0 Å². The molecular formula is C18H14BrFN2O3. The Bertz CT molecular complexity index is 869. The predicted molar refractivity (Wildman–Crippen MR) is 92.5 cm³/mol. The number of ketones is 1. The van der Waals surface area contributed by atoms with Crippen molar-refractivity contribution < 1.29 is 18.8 Å². The van der Waals surface area contributed by atoms with Gasteiger partial charge in [0, 0.05) is 10.0 Å². The first-order valence-electron chi connectivity index (χ1n) is 7.50. The van der Waals surface area contributed by atoms with Gasteiger partial charge in [-0.25, -0.2) is 9.18 Å². The quantitative estimate of drug-likeness (QED) is 0.628. The van der Waals surface area contributed by atoms with Gasteiger partial charge in [-0.15, -0.1) is 0 Å². The number of hydrogen-bond acceptors (Lipinski definition) is 3. The summed E-state index contributed by atoms with van der Waals surface area (Å²) in [5.74, 6) is -1.41. The second-order valence-electron chi connectivity index (χ2n) is 5.89. The van der Waals surface area contributed by atoms with Crippen molar-refractivity contribution in [3.8, 4) is 0 Å². The van der Waals surface area contributed by atoms with E-state index >= 15 is 0 Å². The fourth-order valence-electron chi connectivity index (χ4n) is 2.71. The van der Waals surface area contributed by atoms with E-state index < -0.39 is 35.6 Å². The lowest BCUT2D eigenvalue weighted by Gasteiger charge is -2.22. The molecule has 3 amide bonds. The Balaban J connectivity index is 1.84. The summed E-state index contributed by atoms with van der Waals surface area (Å²) < 4.78 is 13.7. The first-order valence-corrected chi connectivity index (χ1v) is 8.29. The van der Waals surface area contributed by atoms with Crippen LogP contribution in [0.15, 0.2) is 53.0 Å². The van der Waals surface area contributed by atoms with Crippen LogP contribution in [0.2, 0.25) is 0 Å². The third-order valence-electron chi connectivity index (χ3n) is 4.14. The van der Waals surface area contributed by atoms with Crippen LogP contribution in [-0.2, 0) is 10.3 Å². The van der Waals surface area contributed by atoms with Gasteiger partial charge in [0.2, 0.25) is 0 Å². The van der Waals surface area contributed by atoms with Gasteiger partial charge < -0.3 is 5.32 Å². The lowest BCUT2D eigenvalue weighted by Crippen LogP contribution is -2.41. The van der Waals surface area contributed by atoms with E-state index in [-0.39, 0.29) is 5.56 Å². The molecule has 0 bridgehead atoms. The fourth-order valence-corrected chi connectivity index (χ4v) is 3.11. The van der Waals surface area contributed by atoms with E-state index in [0.717, 1.165) is 21.5 Å². The molecule has 1 saturated heterocycles. The number of benzene rings is 2. The molecule has 1 N–H and O–H groups in total. The van der Waals surface area contributed by atoms with Gasteiger partial charge in [-0.05, 0) is 48.9 Å². The van der Waals surface area contributed by atoms with E-state index in [1.807, 2.05) is 6.07 Å². The number of amides is 3. The normalized spacial score (nSPS) is 19.9. The van der Waals surface area contributed by atoms with Gasteiger partial charge in [-0.3, -0.25) is 14.5 Å². The van der Waals surface area contributed by atoms with Crippen LogP contribution in [-0.4, -0.2) is 29.2 Å². The van der Waals surface area contributed by atoms with Crippen molar-refractivity contribution in [1.82, 2.24) is 10.2 Å². The highest BCUT2D eigenvalue weighted by Crippen LogP contribution is 2.30. The van der Waals surface area contributed by atoms with Crippen LogP contribution < -0.4 is 5.32 Å². The summed E-state index contributed by atoms with van der Waals surface area (Å²) in [5.41, 5.74) is -0.403.